The van der Waals surface area contributed by atoms with Gasteiger partial charge in [0, 0.05) is 55.1 Å². The number of nitrogens with one attached hydrogen (secondary N) is 2. The molecule has 0 spiro atoms. The molecule has 5 rings (SSSR count). The highest BCUT2D eigenvalue weighted by Crippen LogP contribution is 2.41. The average molecular weight is 485 g/mol. The Kier molecular flexibility index (Phi) is 5.84. The van der Waals surface area contributed by atoms with Crippen molar-refractivity contribution in [1.29, 1.82) is 0 Å². The van der Waals surface area contributed by atoms with Crippen molar-refractivity contribution in [2.24, 2.45) is 0 Å². The number of piperazine rings is 1. The highest BCUT2D eigenvalue weighted by molar-refractivity contribution is 5.97. The second-order valence-electron chi connectivity index (χ2n) is 8.60. The van der Waals surface area contributed by atoms with Crippen molar-refractivity contribution in [2.45, 2.75) is 12.6 Å². The number of carbonyl (C=O) groups is 1. The van der Waals surface area contributed by atoms with Crippen LogP contribution in [0, 0.1) is 5.95 Å². The number of hydrogen-bond donors (Lipinski definition) is 3. The molecular weight excluding hydrogens is 462 g/mol. The standard InChI is InChI=1S/C25H23F4N5O/c26-22-18(15-2-4-21(20(12-15)25(27,28)29)34-9-7-31-8-10-34)13-19(23(30)33-22)14-1-3-17-16(11-14)5-6-32-24(17)35/h1-4,11-13,31H,5-10H2,(H2,30,33)(H,32,35). The van der Waals surface area contributed by atoms with Crippen LogP contribution in [-0.2, 0) is 12.6 Å². The maximum atomic E-state index is 14.9. The van der Waals surface area contributed by atoms with E-state index in [4.69, 9.17) is 5.73 Å². The van der Waals surface area contributed by atoms with Gasteiger partial charge in [-0.1, -0.05) is 18.2 Å². The van der Waals surface area contributed by atoms with E-state index in [0.29, 0.717) is 55.8 Å². The van der Waals surface area contributed by atoms with Crippen LogP contribution in [0.2, 0.25) is 0 Å². The molecule has 1 aromatic heterocycles. The molecule has 4 N–H and O–H groups in total. The van der Waals surface area contributed by atoms with Gasteiger partial charge in [0.1, 0.15) is 5.82 Å². The number of nitrogens with two attached hydrogens (primary N) is 1. The first kappa shape index (κ1) is 23.1. The van der Waals surface area contributed by atoms with Crippen molar-refractivity contribution in [3.63, 3.8) is 0 Å². The topological polar surface area (TPSA) is 83.3 Å². The molecule has 0 saturated carbocycles. The van der Waals surface area contributed by atoms with Gasteiger partial charge in [0.2, 0.25) is 5.95 Å². The molecule has 2 aliphatic heterocycles. The summed E-state index contributed by atoms with van der Waals surface area (Å²) in [6.07, 6.45) is -3.99. The van der Waals surface area contributed by atoms with E-state index in [1.54, 1.807) is 23.1 Å². The lowest BCUT2D eigenvalue weighted by Crippen LogP contribution is -2.44. The van der Waals surface area contributed by atoms with Crippen LogP contribution in [0.5, 0.6) is 0 Å². The van der Waals surface area contributed by atoms with Gasteiger partial charge in [-0.15, -0.1) is 0 Å². The Morgan fingerprint density at radius 2 is 1.63 bits per heavy atom. The lowest BCUT2D eigenvalue weighted by atomic mass is 9.93. The van der Waals surface area contributed by atoms with E-state index in [1.807, 2.05) is 0 Å². The number of anilines is 2. The molecular formula is C25H23F4N5O. The second kappa shape index (κ2) is 8.84. The fraction of sp³-hybridized carbons (Fsp3) is 0.280. The second-order valence-corrected chi connectivity index (χ2v) is 8.60. The number of benzene rings is 2. The third kappa shape index (κ3) is 4.41. The molecule has 0 radical (unpaired) electrons. The minimum atomic E-state index is -4.62. The zero-order valence-electron chi connectivity index (χ0n) is 18.7. The first-order valence-corrected chi connectivity index (χ1v) is 11.3. The van der Waals surface area contributed by atoms with E-state index < -0.39 is 17.7 Å². The number of aromatic nitrogens is 1. The summed E-state index contributed by atoms with van der Waals surface area (Å²) >= 11 is 0. The Morgan fingerprint density at radius 3 is 2.37 bits per heavy atom. The Morgan fingerprint density at radius 1 is 0.914 bits per heavy atom. The van der Waals surface area contributed by atoms with Gasteiger partial charge in [-0.25, -0.2) is 4.98 Å². The van der Waals surface area contributed by atoms with E-state index in [-0.39, 0.29) is 28.5 Å². The van der Waals surface area contributed by atoms with Gasteiger partial charge in [-0.2, -0.15) is 17.6 Å². The van der Waals surface area contributed by atoms with Crippen molar-refractivity contribution in [3.8, 4) is 22.3 Å². The van der Waals surface area contributed by atoms with Crippen molar-refractivity contribution < 1.29 is 22.4 Å². The monoisotopic (exact) mass is 485 g/mol. The zero-order chi connectivity index (χ0) is 24.7. The minimum absolute atomic E-state index is 0.0554. The van der Waals surface area contributed by atoms with Crippen LogP contribution in [-0.4, -0.2) is 43.6 Å². The summed E-state index contributed by atoms with van der Waals surface area (Å²) in [5.74, 6) is -1.21. The molecule has 0 atom stereocenters. The summed E-state index contributed by atoms with van der Waals surface area (Å²) in [6, 6.07) is 10.4. The van der Waals surface area contributed by atoms with Gasteiger partial charge in [0.05, 0.1) is 5.56 Å². The fourth-order valence-electron chi connectivity index (χ4n) is 4.65. The maximum Gasteiger partial charge on any atom is 0.418 e. The molecule has 1 amide bonds. The molecule has 3 heterocycles. The number of nitrogen functional groups attached to an aromatic ring is 1. The lowest BCUT2D eigenvalue weighted by molar-refractivity contribution is -0.137. The van der Waals surface area contributed by atoms with Crippen LogP contribution < -0.4 is 21.3 Å². The molecule has 35 heavy (non-hydrogen) atoms. The molecule has 1 fully saturated rings. The van der Waals surface area contributed by atoms with E-state index >= 15 is 0 Å². The molecule has 2 aromatic carbocycles. The van der Waals surface area contributed by atoms with Gasteiger partial charge in [0.15, 0.2) is 0 Å². The molecule has 0 unspecified atom stereocenters. The van der Waals surface area contributed by atoms with Crippen molar-refractivity contribution >= 4 is 17.4 Å². The van der Waals surface area contributed by atoms with Gasteiger partial charge in [-0.05, 0) is 47.4 Å². The Labute approximate surface area is 199 Å². The zero-order valence-corrected chi connectivity index (χ0v) is 18.7. The van der Waals surface area contributed by atoms with Crippen LogP contribution >= 0.6 is 0 Å². The van der Waals surface area contributed by atoms with Gasteiger partial charge in [0.25, 0.3) is 5.91 Å². The quantitative estimate of drug-likeness (QED) is 0.388. The predicted octanol–water partition coefficient (Wildman–Crippen LogP) is 3.85. The molecule has 3 aromatic rings. The molecule has 0 aliphatic carbocycles. The summed E-state index contributed by atoms with van der Waals surface area (Å²) in [7, 11) is 0. The molecule has 0 bridgehead atoms. The summed E-state index contributed by atoms with van der Waals surface area (Å²) in [5.41, 5.74) is 7.58. The van der Waals surface area contributed by atoms with E-state index in [1.165, 1.54) is 18.2 Å². The number of fused-ring (bicyclic) bond motifs is 1. The molecule has 182 valence electrons. The highest BCUT2D eigenvalue weighted by atomic mass is 19.4. The maximum absolute atomic E-state index is 14.9. The lowest BCUT2D eigenvalue weighted by Gasteiger charge is -2.31. The van der Waals surface area contributed by atoms with Crippen LogP contribution in [0.15, 0.2) is 42.5 Å². The average Bonchev–Trinajstić information content (AvgIpc) is 2.84. The number of halogens is 4. The van der Waals surface area contributed by atoms with Crippen molar-refractivity contribution in [1.82, 2.24) is 15.6 Å². The molecule has 10 heteroatoms. The SMILES string of the molecule is Nc1nc(F)c(-c2ccc(N3CCNCC3)c(C(F)(F)F)c2)cc1-c1ccc2c(c1)CCNC2=O. The van der Waals surface area contributed by atoms with Crippen LogP contribution in [0.25, 0.3) is 22.3 Å². The van der Waals surface area contributed by atoms with Gasteiger partial charge < -0.3 is 21.3 Å². The molecule has 1 saturated heterocycles. The first-order chi connectivity index (χ1) is 16.7. The van der Waals surface area contributed by atoms with Gasteiger partial charge >= 0.3 is 6.18 Å². The van der Waals surface area contributed by atoms with Gasteiger partial charge in [-0.3, -0.25) is 4.79 Å². The number of nitrogens with zero attached hydrogens (tertiary/aromatic N) is 2. The fourth-order valence-corrected chi connectivity index (χ4v) is 4.65. The Balaban J connectivity index is 1.59. The van der Waals surface area contributed by atoms with E-state index in [0.717, 1.165) is 11.6 Å². The van der Waals surface area contributed by atoms with Crippen molar-refractivity contribution in [3.05, 3.63) is 65.1 Å². The minimum Gasteiger partial charge on any atom is -0.383 e. The summed E-state index contributed by atoms with van der Waals surface area (Å²) < 4.78 is 56.9. The number of pyridine rings is 1. The summed E-state index contributed by atoms with van der Waals surface area (Å²) in [4.78, 5) is 17.5. The highest BCUT2D eigenvalue weighted by Gasteiger charge is 2.36. The predicted molar refractivity (Wildman–Crippen MR) is 126 cm³/mol. The molecule has 2 aliphatic rings. The first-order valence-electron chi connectivity index (χ1n) is 11.3. The smallest absolute Gasteiger partial charge is 0.383 e. The van der Waals surface area contributed by atoms with E-state index in [9.17, 15) is 22.4 Å². The van der Waals surface area contributed by atoms with Crippen LogP contribution in [0.3, 0.4) is 0 Å². The Hall–Kier alpha value is -3.66. The number of hydrogen-bond acceptors (Lipinski definition) is 5. The largest absolute Gasteiger partial charge is 0.418 e. The molecule has 6 nitrogen and oxygen atoms in total. The summed E-state index contributed by atoms with van der Waals surface area (Å²) in [5, 5.41) is 5.89. The third-order valence-corrected chi connectivity index (χ3v) is 6.42. The Bertz CT molecular complexity index is 1300. The normalized spacial score (nSPS) is 16.1. The summed E-state index contributed by atoms with van der Waals surface area (Å²) in [6.45, 7) is 2.56. The number of rotatable bonds is 3. The number of alkyl halides is 3. The van der Waals surface area contributed by atoms with Crippen LogP contribution in [0.4, 0.5) is 29.1 Å². The van der Waals surface area contributed by atoms with Crippen LogP contribution in [0.1, 0.15) is 21.5 Å². The van der Waals surface area contributed by atoms with E-state index in [2.05, 4.69) is 15.6 Å². The number of carbonyl (C=O) groups excluding carboxylic acids is 1. The third-order valence-electron chi connectivity index (χ3n) is 6.42. The number of amides is 1. The van der Waals surface area contributed by atoms with Crippen molar-refractivity contribution in [2.75, 3.05) is 43.4 Å².